The topological polar surface area (TPSA) is 38.9 Å². The van der Waals surface area contributed by atoms with Gasteiger partial charge in [0, 0.05) is 24.4 Å². The average Bonchev–Trinajstić information content (AvgIpc) is 2.37. The fraction of sp³-hybridized carbons (Fsp3) is 0.267. The first kappa shape index (κ1) is 16.9. The van der Waals surface area contributed by atoms with E-state index in [-0.39, 0.29) is 30.2 Å². The summed E-state index contributed by atoms with van der Waals surface area (Å²) in [5, 5.41) is 0.599. The zero-order chi connectivity index (χ0) is 13.8. The first-order chi connectivity index (χ1) is 9.06. The van der Waals surface area contributed by atoms with Crippen molar-refractivity contribution in [3.63, 3.8) is 0 Å². The second-order valence-corrected chi connectivity index (χ2v) is 5.17. The van der Waals surface area contributed by atoms with Gasteiger partial charge in [-0.15, -0.1) is 12.4 Å². The second kappa shape index (κ2) is 7.58. The summed E-state index contributed by atoms with van der Waals surface area (Å²) in [5.41, 5.74) is 8.10. The number of nitrogens with two attached hydrogens (primary N) is 1. The molecule has 0 aliphatic rings. The normalized spacial score (nSPS) is 13.4. The van der Waals surface area contributed by atoms with Gasteiger partial charge >= 0.3 is 0 Å². The summed E-state index contributed by atoms with van der Waals surface area (Å²) >= 11 is 5.96. The quantitative estimate of drug-likeness (QED) is 0.927. The summed E-state index contributed by atoms with van der Waals surface area (Å²) in [7, 11) is 0. The Labute approximate surface area is 129 Å². The minimum atomic E-state index is -0.231. The molecule has 0 aliphatic carbocycles. The number of hydrogen-bond donors (Lipinski definition) is 1. The van der Waals surface area contributed by atoms with Crippen molar-refractivity contribution in [1.82, 2.24) is 4.98 Å². The molecule has 2 rings (SSSR count). The molecular weight excluding hydrogens is 298 g/mol. The first-order valence-electron chi connectivity index (χ1n) is 6.16. The molecule has 0 bridgehead atoms. The summed E-state index contributed by atoms with van der Waals surface area (Å²) < 4.78 is 12.9. The van der Waals surface area contributed by atoms with Crippen LogP contribution in [0, 0.1) is 5.82 Å². The lowest BCUT2D eigenvalue weighted by atomic mass is 9.88. The van der Waals surface area contributed by atoms with Crippen LogP contribution in [0.2, 0.25) is 5.02 Å². The Morgan fingerprint density at radius 1 is 1.25 bits per heavy atom. The highest BCUT2D eigenvalue weighted by atomic mass is 35.5. The van der Waals surface area contributed by atoms with Crippen LogP contribution in [0.4, 0.5) is 4.39 Å². The van der Waals surface area contributed by atoms with Gasteiger partial charge in [-0.2, -0.15) is 0 Å². The van der Waals surface area contributed by atoms with Gasteiger partial charge in [-0.05, 0) is 42.7 Å². The van der Waals surface area contributed by atoms with E-state index in [0.717, 1.165) is 17.5 Å². The Hall–Kier alpha value is -1.16. The monoisotopic (exact) mass is 314 g/mol. The van der Waals surface area contributed by atoms with E-state index in [2.05, 4.69) is 4.98 Å². The number of nitrogens with zero attached hydrogens (tertiary/aromatic N) is 1. The van der Waals surface area contributed by atoms with Crippen LogP contribution in [-0.4, -0.2) is 11.0 Å². The van der Waals surface area contributed by atoms with Crippen LogP contribution >= 0.6 is 24.0 Å². The lowest BCUT2D eigenvalue weighted by molar-refractivity contribution is 0.562. The van der Waals surface area contributed by atoms with Gasteiger partial charge in [-0.1, -0.05) is 23.7 Å². The van der Waals surface area contributed by atoms with Crippen LogP contribution in [0.5, 0.6) is 0 Å². The molecule has 20 heavy (non-hydrogen) atoms. The molecule has 2 atom stereocenters. The lowest BCUT2D eigenvalue weighted by Gasteiger charge is -2.21. The molecule has 0 radical (unpaired) electrons. The molecule has 1 heterocycles. The predicted molar refractivity (Wildman–Crippen MR) is 83.0 cm³/mol. The van der Waals surface area contributed by atoms with Gasteiger partial charge in [0.05, 0.1) is 5.02 Å². The maximum absolute atomic E-state index is 12.9. The summed E-state index contributed by atoms with van der Waals surface area (Å²) in [6.07, 6.45) is 4.12. The fourth-order valence-corrected chi connectivity index (χ4v) is 2.30. The maximum Gasteiger partial charge on any atom is 0.123 e. The number of hydrogen-bond acceptors (Lipinski definition) is 2. The molecule has 1 aromatic heterocycles. The number of pyridine rings is 1. The number of rotatable bonds is 4. The van der Waals surface area contributed by atoms with E-state index in [0.29, 0.717) is 5.02 Å². The molecular formula is C15H17Cl2FN2. The summed E-state index contributed by atoms with van der Waals surface area (Å²) in [5.74, 6) is -0.123. The molecule has 2 aromatic rings. The highest BCUT2D eigenvalue weighted by molar-refractivity contribution is 6.30. The lowest BCUT2D eigenvalue weighted by Crippen LogP contribution is -2.26. The van der Waals surface area contributed by atoms with Crippen LogP contribution in [0.15, 0.2) is 42.7 Å². The standard InChI is InChI=1S/C15H16ClFN2.ClH/c1-10(18)15(12-7-13(16)9-19-8-12)6-11-2-4-14(17)5-3-11;/h2-5,7-10,15H,6,18H2,1H3;1H. The zero-order valence-electron chi connectivity index (χ0n) is 11.1. The van der Waals surface area contributed by atoms with Crippen LogP contribution in [0.3, 0.4) is 0 Å². The van der Waals surface area contributed by atoms with Gasteiger partial charge in [-0.3, -0.25) is 4.98 Å². The number of benzene rings is 1. The molecule has 0 spiro atoms. The van der Waals surface area contributed by atoms with Crippen LogP contribution < -0.4 is 5.73 Å². The van der Waals surface area contributed by atoms with Gasteiger partial charge in [0.2, 0.25) is 0 Å². The maximum atomic E-state index is 12.9. The van der Waals surface area contributed by atoms with Crippen LogP contribution in [-0.2, 0) is 6.42 Å². The van der Waals surface area contributed by atoms with Crippen molar-refractivity contribution in [1.29, 1.82) is 0 Å². The zero-order valence-corrected chi connectivity index (χ0v) is 12.7. The van der Waals surface area contributed by atoms with Gasteiger partial charge in [0.15, 0.2) is 0 Å². The Morgan fingerprint density at radius 2 is 1.90 bits per heavy atom. The summed E-state index contributed by atoms with van der Waals surface area (Å²) in [6.45, 7) is 1.95. The van der Waals surface area contributed by atoms with Crippen LogP contribution in [0.1, 0.15) is 24.0 Å². The van der Waals surface area contributed by atoms with Crippen molar-refractivity contribution in [3.8, 4) is 0 Å². The highest BCUT2D eigenvalue weighted by Crippen LogP contribution is 2.25. The highest BCUT2D eigenvalue weighted by Gasteiger charge is 2.17. The smallest absolute Gasteiger partial charge is 0.123 e. The largest absolute Gasteiger partial charge is 0.327 e. The molecule has 2 unspecified atom stereocenters. The van der Waals surface area contributed by atoms with Crippen molar-refractivity contribution in [2.45, 2.75) is 25.3 Å². The Balaban J connectivity index is 0.00000200. The molecule has 0 aliphatic heterocycles. The van der Waals surface area contributed by atoms with E-state index in [4.69, 9.17) is 17.3 Å². The van der Waals surface area contributed by atoms with Gasteiger partial charge in [0.1, 0.15) is 5.82 Å². The average molecular weight is 315 g/mol. The van der Waals surface area contributed by atoms with Crippen molar-refractivity contribution in [2.75, 3.05) is 0 Å². The Kier molecular flexibility index (Phi) is 6.40. The predicted octanol–water partition coefficient (Wildman–Crippen LogP) is 3.97. The van der Waals surface area contributed by atoms with Gasteiger partial charge < -0.3 is 5.73 Å². The molecule has 108 valence electrons. The van der Waals surface area contributed by atoms with Crippen LogP contribution in [0.25, 0.3) is 0 Å². The molecule has 1 aromatic carbocycles. The van der Waals surface area contributed by atoms with Crippen molar-refractivity contribution < 1.29 is 4.39 Å². The van der Waals surface area contributed by atoms with E-state index < -0.39 is 0 Å². The van der Waals surface area contributed by atoms with E-state index in [9.17, 15) is 4.39 Å². The SMILES string of the molecule is CC(N)C(Cc1ccc(F)cc1)c1cncc(Cl)c1.Cl. The third kappa shape index (κ3) is 4.44. The van der Waals surface area contributed by atoms with Gasteiger partial charge in [-0.25, -0.2) is 4.39 Å². The third-order valence-corrected chi connectivity index (χ3v) is 3.36. The molecule has 5 heteroatoms. The summed E-state index contributed by atoms with van der Waals surface area (Å²) in [6, 6.07) is 8.33. The van der Waals surface area contributed by atoms with Gasteiger partial charge in [0.25, 0.3) is 0 Å². The first-order valence-corrected chi connectivity index (χ1v) is 6.54. The van der Waals surface area contributed by atoms with E-state index in [1.165, 1.54) is 12.1 Å². The molecule has 0 saturated carbocycles. The Bertz CT molecular complexity index is 544. The molecule has 0 amide bonds. The number of aromatic nitrogens is 1. The van der Waals surface area contributed by atoms with Crippen molar-refractivity contribution >= 4 is 24.0 Å². The second-order valence-electron chi connectivity index (χ2n) is 4.73. The van der Waals surface area contributed by atoms with E-state index >= 15 is 0 Å². The Morgan fingerprint density at radius 3 is 2.45 bits per heavy atom. The van der Waals surface area contributed by atoms with Crippen molar-refractivity contribution in [3.05, 3.63) is 64.7 Å². The van der Waals surface area contributed by atoms with E-state index in [1.807, 2.05) is 13.0 Å². The number of halogens is 3. The van der Waals surface area contributed by atoms with E-state index in [1.54, 1.807) is 24.5 Å². The molecule has 2 N–H and O–H groups in total. The fourth-order valence-electron chi connectivity index (χ4n) is 2.11. The molecule has 2 nitrogen and oxygen atoms in total. The third-order valence-electron chi connectivity index (χ3n) is 3.16. The molecule has 0 saturated heterocycles. The molecule has 0 fully saturated rings. The summed E-state index contributed by atoms with van der Waals surface area (Å²) in [4.78, 5) is 4.10. The minimum absolute atomic E-state index is 0. The van der Waals surface area contributed by atoms with Crippen molar-refractivity contribution in [2.24, 2.45) is 5.73 Å². The minimum Gasteiger partial charge on any atom is -0.327 e.